The van der Waals surface area contributed by atoms with Gasteiger partial charge in [0.2, 0.25) is 0 Å². The van der Waals surface area contributed by atoms with Gasteiger partial charge in [0.25, 0.3) is 0 Å². The molecule has 0 aromatic rings. The maximum absolute atomic E-state index is 12.6. The SMILES string of the molecule is C=C(C)C(=O)OC(C)(C1CCCCC1)C12CC3CC(CC(C3)C1)C2. The molecule has 5 aliphatic rings. The molecule has 1 atom stereocenters. The number of esters is 1. The Labute approximate surface area is 147 Å². The molecule has 5 fully saturated rings. The van der Waals surface area contributed by atoms with Crippen LogP contribution in [-0.4, -0.2) is 11.6 Å². The van der Waals surface area contributed by atoms with Gasteiger partial charge in [-0.15, -0.1) is 0 Å². The summed E-state index contributed by atoms with van der Waals surface area (Å²) < 4.78 is 6.39. The number of rotatable bonds is 4. The second-order valence-corrected chi connectivity index (χ2v) is 9.81. The Hall–Kier alpha value is -0.790. The molecule has 5 aliphatic carbocycles. The van der Waals surface area contributed by atoms with Crippen LogP contribution in [0.1, 0.15) is 84.5 Å². The largest absolute Gasteiger partial charge is 0.455 e. The fourth-order valence-electron chi connectivity index (χ4n) is 7.28. The Balaban J connectivity index is 1.69. The van der Waals surface area contributed by atoms with Crippen molar-refractivity contribution < 1.29 is 9.53 Å². The van der Waals surface area contributed by atoms with Crippen molar-refractivity contribution in [3.63, 3.8) is 0 Å². The molecule has 0 aromatic heterocycles. The molecule has 0 amide bonds. The first-order valence-corrected chi connectivity index (χ1v) is 10.3. The van der Waals surface area contributed by atoms with Gasteiger partial charge >= 0.3 is 5.97 Å². The van der Waals surface area contributed by atoms with Gasteiger partial charge in [0.05, 0.1) is 0 Å². The van der Waals surface area contributed by atoms with E-state index < -0.39 is 0 Å². The van der Waals surface area contributed by atoms with E-state index in [1.165, 1.54) is 70.6 Å². The number of hydrogen-bond acceptors (Lipinski definition) is 2. The summed E-state index contributed by atoms with van der Waals surface area (Å²) in [6.07, 6.45) is 14.7. The van der Waals surface area contributed by atoms with Crippen molar-refractivity contribution in [1.29, 1.82) is 0 Å². The molecule has 4 bridgehead atoms. The molecule has 0 spiro atoms. The van der Waals surface area contributed by atoms with Gasteiger partial charge in [-0.05, 0) is 88.9 Å². The lowest BCUT2D eigenvalue weighted by Crippen LogP contribution is -2.61. The number of ether oxygens (including phenoxy) is 1. The Kier molecular flexibility index (Phi) is 4.09. The van der Waals surface area contributed by atoms with Crippen molar-refractivity contribution in [2.45, 2.75) is 90.1 Å². The van der Waals surface area contributed by atoms with Crippen molar-refractivity contribution in [2.75, 3.05) is 0 Å². The fraction of sp³-hybridized carbons (Fsp3) is 0.864. The summed E-state index contributed by atoms with van der Waals surface area (Å²) >= 11 is 0. The van der Waals surface area contributed by atoms with E-state index in [4.69, 9.17) is 4.74 Å². The van der Waals surface area contributed by atoms with Gasteiger partial charge in [-0.2, -0.15) is 0 Å². The Morgan fingerprint density at radius 3 is 1.96 bits per heavy atom. The molecular formula is C22H34O2. The average molecular weight is 331 g/mol. The van der Waals surface area contributed by atoms with Gasteiger partial charge in [-0.25, -0.2) is 4.79 Å². The van der Waals surface area contributed by atoms with Crippen LogP contribution in [0.4, 0.5) is 0 Å². The summed E-state index contributed by atoms with van der Waals surface area (Å²) in [6, 6.07) is 0. The molecule has 5 rings (SSSR count). The summed E-state index contributed by atoms with van der Waals surface area (Å²) in [5, 5.41) is 0. The van der Waals surface area contributed by atoms with E-state index in [1.807, 2.05) is 0 Å². The van der Waals surface area contributed by atoms with Crippen molar-refractivity contribution in [1.82, 2.24) is 0 Å². The molecule has 0 saturated heterocycles. The lowest BCUT2D eigenvalue weighted by Gasteiger charge is -2.64. The predicted molar refractivity (Wildman–Crippen MR) is 96.5 cm³/mol. The van der Waals surface area contributed by atoms with Gasteiger partial charge < -0.3 is 4.74 Å². The lowest BCUT2D eigenvalue weighted by molar-refractivity contribution is -0.221. The molecule has 0 heterocycles. The Morgan fingerprint density at radius 2 is 1.50 bits per heavy atom. The first-order valence-electron chi connectivity index (χ1n) is 10.3. The van der Waals surface area contributed by atoms with Crippen LogP contribution in [0.15, 0.2) is 12.2 Å². The molecule has 0 aliphatic heterocycles. The van der Waals surface area contributed by atoms with E-state index in [0.717, 1.165) is 17.8 Å². The Morgan fingerprint density at radius 1 is 1.00 bits per heavy atom. The second-order valence-electron chi connectivity index (χ2n) is 9.81. The molecule has 2 nitrogen and oxygen atoms in total. The van der Waals surface area contributed by atoms with Gasteiger partial charge in [-0.3, -0.25) is 0 Å². The van der Waals surface area contributed by atoms with E-state index in [1.54, 1.807) is 6.92 Å². The van der Waals surface area contributed by atoms with E-state index in [2.05, 4.69) is 13.5 Å². The molecule has 1 unspecified atom stereocenters. The fourth-order valence-corrected chi connectivity index (χ4v) is 7.28. The molecular weight excluding hydrogens is 296 g/mol. The van der Waals surface area contributed by atoms with E-state index >= 15 is 0 Å². The minimum atomic E-state index is -0.278. The molecule has 2 heteroatoms. The Bertz CT molecular complexity index is 493. The summed E-state index contributed by atoms with van der Waals surface area (Å²) in [7, 11) is 0. The van der Waals surface area contributed by atoms with Crippen molar-refractivity contribution in [2.24, 2.45) is 29.1 Å². The highest BCUT2D eigenvalue weighted by Crippen LogP contribution is 2.66. The summed E-state index contributed by atoms with van der Waals surface area (Å²) in [5.74, 6) is 3.07. The number of carbonyl (C=O) groups is 1. The molecule has 0 N–H and O–H groups in total. The maximum atomic E-state index is 12.6. The molecule has 0 aromatic carbocycles. The van der Waals surface area contributed by atoms with E-state index in [9.17, 15) is 4.79 Å². The first-order chi connectivity index (χ1) is 11.4. The molecule has 24 heavy (non-hydrogen) atoms. The minimum Gasteiger partial charge on any atom is -0.455 e. The average Bonchev–Trinajstić information content (AvgIpc) is 2.54. The zero-order valence-electron chi connectivity index (χ0n) is 15.6. The van der Waals surface area contributed by atoms with Crippen LogP contribution in [0.3, 0.4) is 0 Å². The third kappa shape index (κ3) is 2.56. The predicted octanol–water partition coefficient (Wildman–Crippen LogP) is 5.66. The summed E-state index contributed by atoms with van der Waals surface area (Å²) in [5.41, 5.74) is 0.524. The van der Waals surface area contributed by atoms with E-state index in [0.29, 0.717) is 11.5 Å². The van der Waals surface area contributed by atoms with Crippen LogP contribution in [0, 0.1) is 29.1 Å². The van der Waals surface area contributed by atoms with Crippen molar-refractivity contribution in [3.05, 3.63) is 12.2 Å². The zero-order valence-corrected chi connectivity index (χ0v) is 15.6. The molecule has 5 saturated carbocycles. The maximum Gasteiger partial charge on any atom is 0.333 e. The van der Waals surface area contributed by atoms with Gasteiger partial charge in [0.1, 0.15) is 5.60 Å². The normalized spacial score (nSPS) is 41.0. The van der Waals surface area contributed by atoms with Gasteiger partial charge in [0.15, 0.2) is 0 Å². The van der Waals surface area contributed by atoms with Crippen molar-refractivity contribution in [3.8, 4) is 0 Å². The van der Waals surface area contributed by atoms with Crippen LogP contribution in [-0.2, 0) is 9.53 Å². The quantitative estimate of drug-likeness (QED) is 0.491. The van der Waals surface area contributed by atoms with Gasteiger partial charge in [0, 0.05) is 11.0 Å². The molecule has 134 valence electrons. The standard InChI is InChI=1S/C22H34O2/c1-15(2)20(23)24-21(3,19-7-5-4-6-8-19)22-12-16-9-17(13-22)11-18(10-16)14-22/h16-19H,1,4-14H2,2-3H3. The monoisotopic (exact) mass is 330 g/mol. The number of hydrogen-bond donors (Lipinski definition) is 0. The van der Waals surface area contributed by atoms with Gasteiger partial charge in [-0.1, -0.05) is 25.8 Å². The lowest BCUT2D eigenvalue weighted by atomic mass is 9.43. The smallest absolute Gasteiger partial charge is 0.333 e. The summed E-state index contributed by atoms with van der Waals surface area (Å²) in [6.45, 7) is 7.97. The topological polar surface area (TPSA) is 26.3 Å². The summed E-state index contributed by atoms with van der Waals surface area (Å²) in [4.78, 5) is 12.6. The highest BCUT2D eigenvalue weighted by Gasteiger charge is 2.62. The highest BCUT2D eigenvalue weighted by atomic mass is 16.6. The minimum absolute atomic E-state index is 0.154. The van der Waals surface area contributed by atoms with Crippen molar-refractivity contribution >= 4 is 5.97 Å². The zero-order chi connectivity index (χ0) is 16.9. The van der Waals surface area contributed by atoms with Crippen LogP contribution in [0.2, 0.25) is 0 Å². The molecule has 0 radical (unpaired) electrons. The van der Waals surface area contributed by atoms with Crippen LogP contribution in [0.25, 0.3) is 0 Å². The third-order valence-corrected chi connectivity index (χ3v) is 8.13. The van der Waals surface area contributed by atoms with Crippen LogP contribution < -0.4 is 0 Å². The second kappa shape index (κ2) is 5.88. The van der Waals surface area contributed by atoms with Crippen LogP contribution in [0.5, 0.6) is 0 Å². The van der Waals surface area contributed by atoms with Crippen LogP contribution >= 0.6 is 0 Å². The highest BCUT2D eigenvalue weighted by molar-refractivity contribution is 5.87. The first kappa shape index (κ1) is 16.7. The number of carbonyl (C=O) groups excluding carboxylic acids is 1. The van der Waals surface area contributed by atoms with E-state index in [-0.39, 0.29) is 17.0 Å². The third-order valence-electron chi connectivity index (χ3n) is 8.13.